The predicted molar refractivity (Wildman–Crippen MR) is 60.4 cm³/mol. The van der Waals surface area contributed by atoms with Crippen LogP contribution in [0, 0.1) is 0 Å². The Bertz CT molecular complexity index is 742. The van der Waals surface area contributed by atoms with Gasteiger partial charge >= 0.3 is 0 Å². The third kappa shape index (κ3) is 1.25. The second-order valence-corrected chi connectivity index (χ2v) is 3.78. The largest absolute Gasteiger partial charge is 0.508 e. The molecule has 2 aromatic carbocycles. The molecule has 5 heteroatoms. The van der Waals surface area contributed by atoms with Crippen LogP contribution in [-0.2, 0) is 0 Å². The number of phenols is 4. The number of hydrogen-bond donors (Lipinski definition) is 4. The fourth-order valence-corrected chi connectivity index (χ4v) is 1.87. The van der Waals surface area contributed by atoms with Crippen LogP contribution < -0.4 is 0 Å². The summed E-state index contributed by atoms with van der Waals surface area (Å²) in [5.74, 6) is -0.899. The molecule has 3 rings (SSSR count). The highest BCUT2D eigenvalue weighted by atomic mass is 16.4. The molecule has 0 spiro atoms. The molecule has 0 saturated carbocycles. The number of hydrogen-bond acceptors (Lipinski definition) is 5. The molecular weight excluding hydrogens is 224 g/mol. The minimum Gasteiger partial charge on any atom is -0.508 e. The molecule has 1 aromatic heterocycles. The molecule has 0 aliphatic carbocycles. The molecule has 0 fully saturated rings. The van der Waals surface area contributed by atoms with E-state index in [0.29, 0.717) is 16.4 Å². The van der Waals surface area contributed by atoms with E-state index in [4.69, 9.17) is 4.42 Å². The van der Waals surface area contributed by atoms with E-state index in [2.05, 4.69) is 0 Å². The van der Waals surface area contributed by atoms with Crippen molar-refractivity contribution in [3.63, 3.8) is 0 Å². The molecular formula is C12H8O5. The van der Waals surface area contributed by atoms with Crippen molar-refractivity contribution >= 4 is 21.9 Å². The molecule has 0 unspecified atom stereocenters. The fraction of sp³-hybridized carbons (Fsp3) is 0. The van der Waals surface area contributed by atoms with Crippen molar-refractivity contribution in [3.8, 4) is 23.0 Å². The van der Waals surface area contributed by atoms with Crippen LogP contribution in [0.2, 0.25) is 0 Å². The van der Waals surface area contributed by atoms with E-state index < -0.39 is 0 Å². The van der Waals surface area contributed by atoms with E-state index in [1.54, 1.807) is 0 Å². The molecule has 0 atom stereocenters. The van der Waals surface area contributed by atoms with Gasteiger partial charge in [0.15, 0.2) is 22.8 Å². The predicted octanol–water partition coefficient (Wildman–Crippen LogP) is 2.41. The van der Waals surface area contributed by atoms with Gasteiger partial charge in [-0.2, -0.15) is 0 Å². The summed E-state index contributed by atoms with van der Waals surface area (Å²) in [4.78, 5) is 0. The Hall–Kier alpha value is -2.56. The summed E-state index contributed by atoms with van der Waals surface area (Å²) in [7, 11) is 0. The van der Waals surface area contributed by atoms with Gasteiger partial charge in [0.1, 0.15) is 11.3 Å². The Kier molecular flexibility index (Phi) is 1.69. The van der Waals surface area contributed by atoms with Crippen LogP contribution in [0.4, 0.5) is 0 Å². The fourth-order valence-electron chi connectivity index (χ4n) is 1.87. The topological polar surface area (TPSA) is 94.1 Å². The second-order valence-electron chi connectivity index (χ2n) is 3.78. The molecule has 17 heavy (non-hydrogen) atoms. The van der Waals surface area contributed by atoms with Crippen LogP contribution in [0.3, 0.4) is 0 Å². The Balaban J connectivity index is 2.55. The maximum Gasteiger partial charge on any atom is 0.177 e. The number of rotatable bonds is 0. The van der Waals surface area contributed by atoms with Crippen molar-refractivity contribution in [1.82, 2.24) is 0 Å². The second kappa shape index (κ2) is 2.98. The molecule has 0 aliphatic heterocycles. The monoisotopic (exact) mass is 232 g/mol. The molecule has 0 aliphatic rings. The quantitative estimate of drug-likeness (QED) is 0.446. The number of fused-ring (bicyclic) bond motifs is 3. The zero-order valence-electron chi connectivity index (χ0n) is 8.51. The van der Waals surface area contributed by atoms with Crippen molar-refractivity contribution in [2.24, 2.45) is 0 Å². The summed E-state index contributed by atoms with van der Waals surface area (Å²) in [6.45, 7) is 0. The van der Waals surface area contributed by atoms with Crippen molar-refractivity contribution in [2.45, 2.75) is 0 Å². The van der Waals surface area contributed by atoms with Gasteiger partial charge in [-0.25, -0.2) is 0 Å². The molecule has 86 valence electrons. The summed E-state index contributed by atoms with van der Waals surface area (Å²) in [5.41, 5.74) is 0.513. The maximum atomic E-state index is 9.61. The van der Waals surface area contributed by atoms with Gasteiger partial charge in [-0.3, -0.25) is 0 Å². The zero-order valence-corrected chi connectivity index (χ0v) is 8.51. The Morgan fingerprint density at radius 3 is 2.18 bits per heavy atom. The van der Waals surface area contributed by atoms with Crippen LogP contribution in [0.1, 0.15) is 0 Å². The van der Waals surface area contributed by atoms with Crippen LogP contribution in [-0.4, -0.2) is 20.4 Å². The van der Waals surface area contributed by atoms with E-state index in [1.165, 1.54) is 18.2 Å². The highest BCUT2D eigenvalue weighted by Crippen LogP contribution is 2.40. The highest BCUT2D eigenvalue weighted by Gasteiger charge is 2.14. The van der Waals surface area contributed by atoms with Gasteiger partial charge in [0, 0.05) is 22.9 Å². The lowest BCUT2D eigenvalue weighted by Gasteiger charge is -1.96. The summed E-state index contributed by atoms with van der Waals surface area (Å²) < 4.78 is 5.34. The molecule has 1 heterocycles. The standard InChI is InChI=1S/C12H8O5/c13-5-1-7-6-3-8(14)9(15)4-11(6)17-12(7)10(16)2-5/h1-4,13-16H. The molecule has 4 N–H and O–H groups in total. The van der Waals surface area contributed by atoms with Crippen molar-refractivity contribution in [2.75, 3.05) is 0 Å². The number of furan rings is 1. The summed E-state index contributed by atoms with van der Waals surface area (Å²) in [6, 6.07) is 5.14. The lowest BCUT2D eigenvalue weighted by Crippen LogP contribution is -1.71. The normalized spacial score (nSPS) is 11.3. The Morgan fingerprint density at radius 1 is 0.706 bits per heavy atom. The first-order valence-electron chi connectivity index (χ1n) is 4.86. The number of phenolic OH excluding ortho intramolecular Hbond substituents is 4. The average Bonchev–Trinajstić information content (AvgIpc) is 2.58. The third-order valence-electron chi connectivity index (χ3n) is 2.63. The molecule has 0 saturated heterocycles. The van der Waals surface area contributed by atoms with Gasteiger partial charge < -0.3 is 24.8 Å². The molecule has 0 radical (unpaired) electrons. The van der Waals surface area contributed by atoms with E-state index in [0.717, 1.165) is 6.07 Å². The van der Waals surface area contributed by atoms with Gasteiger partial charge in [0.25, 0.3) is 0 Å². The summed E-state index contributed by atoms with van der Waals surface area (Å²) in [5, 5.41) is 38.7. The average molecular weight is 232 g/mol. The Labute approximate surface area is 94.8 Å². The van der Waals surface area contributed by atoms with Crippen molar-refractivity contribution in [3.05, 3.63) is 24.3 Å². The highest BCUT2D eigenvalue weighted by molar-refractivity contribution is 6.08. The van der Waals surface area contributed by atoms with Gasteiger partial charge in [-0.1, -0.05) is 0 Å². The minimum absolute atomic E-state index is 0.106. The van der Waals surface area contributed by atoms with Crippen LogP contribution in [0.25, 0.3) is 21.9 Å². The van der Waals surface area contributed by atoms with Crippen LogP contribution in [0.15, 0.2) is 28.7 Å². The van der Waals surface area contributed by atoms with Crippen LogP contribution in [0.5, 0.6) is 23.0 Å². The SMILES string of the molecule is Oc1cc(O)c2oc3cc(O)c(O)cc3c2c1. The molecule has 0 bridgehead atoms. The van der Waals surface area contributed by atoms with Crippen LogP contribution >= 0.6 is 0 Å². The zero-order chi connectivity index (χ0) is 12.2. The van der Waals surface area contributed by atoms with Gasteiger partial charge in [0.2, 0.25) is 0 Å². The van der Waals surface area contributed by atoms with E-state index in [9.17, 15) is 20.4 Å². The number of benzene rings is 2. The minimum atomic E-state index is -0.305. The molecule has 0 amide bonds. The lowest BCUT2D eigenvalue weighted by atomic mass is 10.1. The first kappa shape index (κ1) is 9.65. The summed E-state index contributed by atoms with van der Waals surface area (Å²) in [6.07, 6.45) is 0. The smallest absolute Gasteiger partial charge is 0.177 e. The van der Waals surface area contributed by atoms with Crippen molar-refractivity contribution in [1.29, 1.82) is 0 Å². The van der Waals surface area contributed by atoms with Gasteiger partial charge in [-0.05, 0) is 12.1 Å². The maximum absolute atomic E-state index is 9.61. The van der Waals surface area contributed by atoms with Gasteiger partial charge in [0.05, 0.1) is 0 Å². The van der Waals surface area contributed by atoms with E-state index >= 15 is 0 Å². The van der Waals surface area contributed by atoms with Crippen molar-refractivity contribution < 1.29 is 24.8 Å². The first-order valence-corrected chi connectivity index (χ1v) is 4.86. The Morgan fingerprint density at radius 2 is 1.41 bits per heavy atom. The number of aromatic hydroxyl groups is 4. The first-order chi connectivity index (χ1) is 8.06. The van der Waals surface area contributed by atoms with Gasteiger partial charge in [-0.15, -0.1) is 0 Å². The third-order valence-corrected chi connectivity index (χ3v) is 2.63. The summed E-state index contributed by atoms with van der Waals surface area (Å²) >= 11 is 0. The molecule has 3 aromatic rings. The lowest BCUT2D eigenvalue weighted by molar-refractivity contribution is 0.404. The van der Waals surface area contributed by atoms with E-state index in [-0.39, 0.29) is 28.6 Å². The van der Waals surface area contributed by atoms with E-state index in [1.807, 2.05) is 0 Å². The molecule has 5 nitrogen and oxygen atoms in total.